The van der Waals surface area contributed by atoms with Gasteiger partial charge in [-0.1, -0.05) is 30.3 Å². The molecule has 6 N–H and O–H groups in total. The van der Waals surface area contributed by atoms with Gasteiger partial charge < -0.3 is 26.8 Å². The molecule has 28 heavy (non-hydrogen) atoms. The normalized spacial score (nSPS) is 13.7. The number of rotatable bonds is 11. The van der Waals surface area contributed by atoms with Gasteiger partial charge in [-0.3, -0.25) is 14.4 Å². The van der Waals surface area contributed by atoms with Crippen LogP contribution in [0.25, 0.3) is 0 Å². The quantitative estimate of drug-likeness (QED) is 0.215. The van der Waals surface area contributed by atoms with E-state index in [1.807, 2.05) is 0 Å². The molecule has 3 unspecified atom stereocenters. The summed E-state index contributed by atoms with van der Waals surface area (Å²) >= 11 is 7.80. The Labute approximate surface area is 173 Å². The Bertz CT molecular complexity index is 689. The number of benzene rings is 1. The fourth-order valence-electron chi connectivity index (χ4n) is 2.14. The van der Waals surface area contributed by atoms with Crippen LogP contribution in [-0.4, -0.2) is 65.0 Å². The summed E-state index contributed by atoms with van der Waals surface area (Å²) in [5, 5.41) is 16.3. The number of hydrogen-bond acceptors (Lipinski definition) is 7. The maximum Gasteiger partial charge on any atom is 0.327 e. The summed E-state index contributed by atoms with van der Waals surface area (Å²) in [5.41, 5.74) is 6.27. The summed E-state index contributed by atoms with van der Waals surface area (Å²) in [6.07, 6.45) is 0.140. The van der Waals surface area contributed by atoms with E-state index in [4.69, 9.17) is 10.8 Å². The smallest absolute Gasteiger partial charge is 0.327 e. The molecule has 0 radical (unpaired) electrons. The van der Waals surface area contributed by atoms with Crippen molar-refractivity contribution in [3.8, 4) is 0 Å². The van der Waals surface area contributed by atoms with Gasteiger partial charge >= 0.3 is 5.97 Å². The third kappa shape index (κ3) is 8.19. The number of carbonyl (C=O) groups is 4. The predicted molar refractivity (Wildman–Crippen MR) is 110 cm³/mol. The van der Waals surface area contributed by atoms with Crippen molar-refractivity contribution >= 4 is 48.9 Å². The highest BCUT2D eigenvalue weighted by Gasteiger charge is 2.26. The number of aliphatic carboxylic acids is 1. The Morgan fingerprint density at radius 3 is 2.14 bits per heavy atom. The lowest BCUT2D eigenvalue weighted by Gasteiger charge is -2.21. The minimum atomic E-state index is -1.24. The van der Waals surface area contributed by atoms with Gasteiger partial charge in [-0.2, -0.15) is 25.3 Å². The highest BCUT2D eigenvalue weighted by atomic mass is 32.1. The zero-order valence-corrected chi connectivity index (χ0v) is 16.8. The number of carbonyl (C=O) groups excluding carboxylic acids is 3. The second-order valence-corrected chi connectivity index (χ2v) is 6.63. The Morgan fingerprint density at radius 1 is 0.964 bits per heavy atom. The molecule has 0 aliphatic rings. The van der Waals surface area contributed by atoms with Crippen LogP contribution in [0.1, 0.15) is 5.56 Å². The van der Waals surface area contributed by atoms with Crippen LogP contribution in [0.3, 0.4) is 0 Å². The lowest BCUT2D eigenvalue weighted by molar-refractivity contribution is -0.141. The molecule has 3 atom stereocenters. The zero-order chi connectivity index (χ0) is 21.1. The number of nitrogens with one attached hydrogen (secondary N) is 3. The highest BCUT2D eigenvalue weighted by molar-refractivity contribution is 7.80. The van der Waals surface area contributed by atoms with Crippen LogP contribution in [0.4, 0.5) is 0 Å². The summed E-state index contributed by atoms with van der Waals surface area (Å²) < 4.78 is 0. The van der Waals surface area contributed by atoms with Gasteiger partial charge in [0.15, 0.2) is 0 Å². The number of hydrogen-bond donors (Lipinski definition) is 7. The second-order valence-electron chi connectivity index (χ2n) is 5.90. The van der Waals surface area contributed by atoms with E-state index < -0.39 is 41.8 Å². The van der Waals surface area contributed by atoms with Crippen LogP contribution in [0.5, 0.6) is 0 Å². The van der Waals surface area contributed by atoms with Gasteiger partial charge in [0, 0.05) is 17.9 Å². The van der Waals surface area contributed by atoms with Crippen LogP contribution in [0.2, 0.25) is 0 Å². The molecule has 0 aliphatic heterocycles. The highest BCUT2D eigenvalue weighted by Crippen LogP contribution is 2.04. The largest absolute Gasteiger partial charge is 0.480 e. The van der Waals surface area contributed by atoms with Crippen molar-refractivity contribution in [2.45, 2.75) is 24.5 Å². The Kier molecular flexibility index (Phi) is 10.4. The molecule has 1 rings (SSSR count). The fourth-order valence-corrected chi connectivity index (χ4v) is 2.56. The first-order valence-corrected chi connectivity index (χ1v) is 9.66. The van der Waals surface area contributed by atoms with E-state index >= 15 is 0 Å². The molecule has 3 amide bonds. The molecule has 0 bridgehead atoms. The predicted octanol–water partition coefficient (Wildman–Crippen LogP) is -1.41. The number of nitrogens with two attached hydrogens (primary N) is 1. The Balaban J connectivity index is 2.79. The lowest BCUT2D eigenvalue weighted by atomic mass is 10.0. The fraction of sp³-hybridized carbons (Fsp3) is 0.412. The van der Waals surface area contributed by atoms with Gasteiger partial charge in [0.25, 0.3) is 0 Å². The van der Waals surface area contributed by atoms with Crippen molar-refractivity contribution in [1.82, 2.24) is 16.0 Å². The minimum Gasteiger partial charge on any atom is -0.480 e. The molecule has 11 heteroatoms. The lowest BCUT2D eigenvalue weighted by Crippen LogP contribution is -2.55. The van der Waals surface area contributed by atoms with Gasteiger partial charge in [-0.25, -0.2) is 4.79 Å². The van der Waals surface area contributed by atoms with E-state index in [1.165, 1.54) is 0 Å². The van der Waals surface area contributed by atoms with E-state index in [1.54, 1.807) is 30.3 Å². The summed E-state index contributed by atoms with van der Waals surface area (Å²) in [6, 6.07) is 5.81. The molecule has 0 spiro atoms. The number of carboxylic acids is 1. The summed E-state index contributed by atoms with van der Waals surface area (Å²) in [7, 11) is 0. The SMILES string of the molecule is NC(CS)C(=O)NCC(=O)NC(Cc1ccccc1)C(=O)NC(CS)C(=O)O. The first kappa shape index (κ1) is 23.8. The molecule has 9 nitrogen and oxygen atoms in total. The third-order valence-corrected chi connectivity index (χ3v) is 4.45. The molecule has 0 heterocycles. The Morgan fingerprint density at radius 2 is 1.61 bits per heavy atom. The minimum absolute atomic E-state index is 0.106. The maximum atomic E-state index is 12.5. The van der Waals surface area contributed by atoms with Crippen molar-refractivity contribution in [3.05, 3.63) is 35.9 Å². The van der Waals surface area contributed by atoms with Gasteiger partial charge in [-0.15, -0.1) is 0 Å². The summed E-state index contributed by atoms with van der Waals surface area (Å²) in [6.45, 7) is -0.381. The summed E-state index contributed by atoms with van der Waals surface area (Å²) in [4.78, 5) is 47.4. The van der Waals surface area contributed by atoms with Gasteiger partial charge in [0.05, 0.1) is 12.6 Å². The van der Waals surface area contributed by atoms with Crippen molar-refractivity contribution in [1.29, 1.82) is 0 Å². The first-order valence-electron chi connectivity index (χ1n) is 8.40. The monoisotopic (exact) mass is 428 g/mol. The molecule has 1 aromatic rings. The molecule has 0 aromatic heterocycles. The zero-order valence-electron chi connectivity index (χ0n) is 15.0. The summed E-state index contributed by atoms with van der Waals surface area (Å²) in [5.74, 6) is -3.06. The second kappa shape index (κ2) is 12.3. The number of thiol groups is 2. The molecule has 1 aromatic carbocycles. The molecule has 0 saturated heterocycles. The first-order chi connectivity index (χ1) is 13.3. The number of carboxylic acid groups (broad SMARTS) is 1. The maximum absolute atomic E-state index is 12.5. The van der Waals surface area contributed by atoms with Crippen molar-refractivity contribution < 1.29 is 24.3 Å². The van der Waals surface area contributed by atoms with Crippen LogP contribution in [0.15, 0.2) is 30.3 Å². The van der Waals surface area contributed by atoms with Gasteiger partial charge in [-0.05, 0) is 5.56 Å². The van der Waals surface area contributed by atoms with Crippen LogP contribution >= 0.6 is 25.3 Å². The van der Waals surface area contributed by atoms with Crippen LogP contribution < -0.4 is 21.7 Å². The van der Waals surface area contributed by atoms with Crippen LogP contribution in [0, 0.1) is 0 Å². The Hall–Kier alpha value is -2.24. The average molecular weight is 429 g/mol. The van der Waals surface area contributed by atoms with E-state index in [0.29, 0.717) is 0 Å². The molecule has 0 fully saturated rings. The van der Waals surface area contributed by atoms with Crippen LogP contribution in [-0.2, 0) is 25.6 Å². The van der Waals surface area contributed by atoms with E-state index in [-0.39, 0.29) is 24.5 Å². The standard InChI is InChI=1S/C17H24N4O5S2/c18-11(8-27)15(23)19-7-14(22)20-12(6-10-4-2-1-3-5-10)16(24)21-13(9-28)17(25)26/h1-5,11-13,27-28H,6-9,18H2,(H,19,23)(H,20,22)(H,21,24)(H,25,26). The molecule has 0 aliphatic carbocycles. The van der Waals surface area contributed by atoms with Crippen molar-refractivity contribution in [3.63, 3.8) is 0 Å². The van der Waals surface area contributed by atoms with Gasteiger partial charge in [0.2, 0.25) is 17.7 Å². The molecule has 154 valence electrons. The van der Waals surface area contributed by atoms with E-state index in [2.05, 4.69) is 41.2 Å². The molecule has 0 saturated carbocycles. The van der Waals surface area contributed by atoms with Crippen molar-refractivity contribution in [2.75, 3.05) is 18.1 Å². The van der Waals surface area contributed by atoms with Crippen molar-refractivity contribution in [2.24, 2.45) is 5.73 Å². The molecular weight excluding hydrogens is 404 g/mol. The number of amides is 3. The third-order valence-electron chi connectivity index (χ3n) is 3.69. The molecular formula is C17H24N4O5S2. The van der Waals surface area contributed by atoms with E-state index in [9.17, 15) is 19.2 Å². The topological polar surface area (TPSA) is 151 Å². The van der Waals surface area contributed by atoms with E-state index in [0.717, 1.165) is 5.56 Å². The van der Waals surface area contributed by atoms with Gasteiger partial charge in [0.1, 0.15) is 12.1 Å². The average Bonchev–Trinajstić information content (AvgIpc) is 2.69.